The first kappa shape index (κ1) is 34.9. The molecule has 4 aromatic rings. The van der Waals surface area contributed by atoms with Crippen LogP contribution in [0.1, 0.15) is 0 Å². The minimum Gasteiger partial charge on any atom is -0.764 e. The topological polar surface area (TPSA) is 18.5 Å². The molecule has 0 spiro atoms. The molecule has 0 amide bonds. The summed E-state index contributed by atoms with van der Waals surface area (Å²) in [5.74, 6) is -65.4. The van der Waals surface area contributed by atoms with Gasteiger partial charge in [-0.2, -0.15) is 0 Å². The second-order valence-corrected chi connectivity index (χ2v) is 9.63. The van der Waals surface area contributed by atoms with Crippen LogP contribution in [-0.4, -0.2) is 13.1 Å². The molecule has 1 saturated heterocycles. The zero-order valence-electron chi connectivity index (χ0n) is 21.5. The Morgan fingerprint density at radius 3 is 0.417 bits per heavy atom. The van der Waals surface area contributed by atoms with Crippen LogP contribution in [0.5, 0.6) is 0 Å². The van der Waals surface area contributed by atoms with Crippen LogP contribution < -0.4 is 21.9 Å². The van der Waals surface area contributed by atoms with E-state index in [1.54, 1.807) is 0 Å². The molecule has 5 rings (SSSR count). The molecule has 0 radical (unpaired) electrons. The highest BCUT2D eigenvalue weighted by Crippen LogP contribution is 2.39. The SMILES string of the molecule is Fc1c(F)c(F)c([B-]2(c3c(F)c(F)c(F)c(F)c3F)O[B-](c3c(F)c(F)c(F)c(F)c3F)(c3c(F)c(F)c(F)c(F)c3F)O2)c(F)c1F. The van der Waals surface area contributed by atoms with Gasteiger partial charge in [0.25, 0.3) is 0 Å². The molecule has 0 saturated carbocycles. The van der Waals surface area contributed by atoms with E-state index in [-0.39, 0.29) is 0 Å². The van der Waals surface area contributed by atoms with Crippen molar-refractivity contribution in [2.24, 2.45) is 0 Å². The third kappa shape index (κ3) is 4.19. The van der Waals surface area contributed by atoms with Crippen molar-refractivity contribution in [1.82, 2.24) is 0 Å². The number of halogens is 20. The fraction of sp³-hybridized carbons (Fsp3) is 0. The van der Waals surface area contributed by atoms with Gasteiger partial charge in [0.2, 0.25) is 13.1 Å². The van der Waals surface area contributed by atoms with Gasteiger partial charge in [-0.05, 0) is 0 Å². The maximum Gasteiger partial charge on any atom is 0.231 e. The Morgan fingerprint density at radius 1 is 0.188 bits per heavy atom. The van der Waals surface area contributed by atoms with Crippen molar-refractivity contribution in [3.63, 3.8) is 0 Å². The molecule has 0 aromatic heterocycles. The molecule has 2 nitrogen and oxygen atoms in total. The first-order valence-corrected chi connectivity index (χ1v) is 11.9. The van der Waals surface area contributed by atoms with Crippen molar-refractivity contribution < 1.29 is 97.0 Å². The van der Waals surface area contributed by atoms with Gasteiger partial charge in [0.15, 0.2) is 69.8 Å². The van der Waals surface area contributed by atoms with Crippen molar-refractivity contribution in [2.45, 2.75) is 0 Å². The monoisotopic (exact) mass is 722 g/mol. The number of benzene rings is 4. The predicted octanol–water partition coefficient (Wildman–Crippen LogP) is 5.33. The zero-order valence-corrected chi connectivity index (χ0v) is 21.5. The highest BCUT2D eigenvalue weighted by molar-refractivity contribution is 7.15. The summed E-state index contributed by atoms with van der Waals surface area (Å²) in [6, 6.07) is 0. The van der Waals surface area contributed by atoms with E-state index in [0.29, 0.717) is 0 Å². The molecule has 1 fully saturated rings. The molecular weight excluding hydrogens is 722 g/mol. The van der Waals surface area contributed by atoms with Gasteiger partial charge >= 0.3 is 0 Å². The molecule has 256 valence electrons. The van der Waals surface area contributed by atoms with Crippen LogP contribution in [0.15, 0.2) is 0 Å². The lowest BCUT2D eigenvalue weighted by molar-refractivity contribution is 0.249. The van der Waals surface area contributed by atoms with Crippen molar-refractivity contribution in [3.8, 4) is 0 Å². The molecule has 24 heteroatoms. The van der Waals surface area contributed by atoms with Crippen molar-refractivity contribution >= 4 is 35.0 Å². The Bertz CT molecular complexity index is 1710. The molecular formula is C24B2F20O2-2. The van der Waals surface area contributed by atoms with E-state index in [1.807, 2.05) is 0 Å². The van der Waals surface area contributed by atoms with Crippen LogP contribution in [0, 0.1) is 116 Å². The molecule has 0 unspecified atom stereocenters. The van der Waals surface area contributed by atoms with Gasteiger partial charge in [0, 0.05) is 0 Å². The molecule has 0 bridgehead atoms. The van der Waals surface area contributed by atoms with E-state index in [1.165, 1.54) is 0 Å². The molecule has 0 N–H and O–H groups in total. The summed E-state index contributed by atoms with van der Waals surface area (Å²) < 4.78 is 299. The summed E-state index contributed by atoms with van der Waals surface area (Å²) in [5, 5.41) is 0. The minimum atomic E-state index is -6.22. The van der Waals surface area contributed by atoms with E-state index in [0.717, 1.165) is 0 Å². The van der Waals surface area contributed by atoms with Gasteiger partial charge in [0.05, 0.1) is 0 Å². The van der Waals surface area contributed by atoms with Gasteiger partial charge in [-0.25, -0.2) is 87.8 Å². The van der Waals surface area contributed by atoms with E-state index in [9.17, 15) is 52.7 Å². The lowest BCUT2D eigenvalue weighted by atomic mass is 9.29. The maximum atomic E-state index is 15.1. The van der Waals surface area contributed by atoms with Gasteiger partial charge in [-0.3, -0.25) is 0 Å². The van der Waals surface area contributed by atoms with Gasteiger partial charge in [-0.1, -0.05) is 21.9 Å². The Balaban J connectivity index is 2.06. The quantitative estimate of drug-likeness (QED) is 0.123. The van der Waals surface area contributed by atoms with E-state index in [4.69, 9.17) is 0 Å². The number of hydrogen-bond donors (Lipinski definition) is 0. The normalized spacial score (nSPS) is 15.2. The Hall–Kier alpha value is -4.47. The molecule has 0 atom stereocenters. The average Bonchev–Trinajstić information content (AvgIpc) is 3.03. The van der Waals surface area contributed by atoms with Crippen molar-refractivity contribution in [2.75, 3.05) is 0 Å². The standard InChI is InChI=1S/C24B2F20O2/c27-5-1(6(28)14(36)21(43)13(5)35)25(2-7(29)15(37)22(44)16(38)8(2)30)47-26(48-25,3-9(31)17(39)23(45)18(40)10(3)32)4-11(33)19(41)24(46)20(42)12(4)34/q-2. The Kier molecular flexibility index (Phi) is 8.01. The molecule has 4 aromatic carbocycles. The van der Waals surface area contributed by atoms with Gasteiger partial charge in [0.1, 0.15) is 46.5 Å². The zero-order chi connectivity index (χ0) is 36.3. The van der Waals surface area contributed by atoms with Crippen LogP contribution in [0.25, 0.3) is 0 Å². The minimum absolute atomic E-state index is 3.04. The first-order valence-electron chi connectivity index (χ1n) is 11.9. The second-order valence-electron chi connectivity index (χ2n) is 9.63. The summed E-state index contributed by atoms with van der Waals surface area (Å²) in [7, 11) is 0. The van der Waals surface area contributed by atoms with Crippen molar-refractivity contribution in [1.29, 1.82) is 0 Å². The molecule has 1 aliphatic heterocycles. The van der Waals surface area contributed by atoms with Gasteiger partial charge < -0.3 is 9.14 Å². The van der Waals surface area contributed by atoms with Crippen LogP contribution in [0.4, 0.5) is 87.8 Å². The highest BCUT2D eigenvalue weighted by atomic mass is 19.2. The van der Waals surface area contributed by atoms with E-state index >= 15 is 35.1 Å². The largest absolute Gasteiger partial charge is 0.764 e. The number of rotatable bonds is 4. The summed E-state index contributed by atoms with van der Waals surface area (Å²) in [6.45, 7) is -12.4. The fourth-order valence-electron chi connectivity index (χ4n) is 5.21. The van der Waals surface area contributed by atoms with Gasteiger partial charge in [-0.15, -0.1) is 0 Å². The Labute approximate surface area is 249 Å². The molecule has 1 heterocycles. The highest BCUT2D eigenvalue weighted by Gasteiger charge is 2.58. The second kappa shape index (κ2) is 11.0. The lowest BCUT2D eigenvalue weighted by Crippen LogP contribution is -2.91. The summed E-state index contributed by atoms with van der Waals surface area (Å²) in [4.78, 5) is 0. The first-order chi connectivity index (χ1) is 22.1. The van der Waals surface area contributed by atoms with E-state index in [2.05, 4.69) is 9.14 Å². The summed E-state index contributed by atoms with van der Waals surface area (Å²) >= 11 is 0. The van der Waals surface area contributed by atoms with Crippen LogP contribution in [0.3, 0.4) is 0 Å². The van der Waals surface area contributed by atoms with E-state index < -0.39 is 151 Å². The molecule has 48 heavy (non-hydrogen) atoms. The third-order valence-corrected chi connectivity index (χ3v) is 7.26. The summed E-state index contributed by atoms with van der Waals surface area (Å²) in [6.07, 6.45) is 0. The van der Waals surface area contributed by atoms with Crippen molar-refractivity contribution in [3.05, 3.63) is 116 Å². The lowest BCUT2D eigenvalue weighted by Gasteiger charge is -2.75. The molecule has 0 aliphatic carbocycles. The fourth-order valence-corrected chi connectivity index (χ4v) is 5.21. The van der Waals surface area contributed by atoms with Crippen LogP contribution in [0.2, 0.25) is 0 Å². The summed E-state index contributed by atoms with van der Waals surface area (Å²) in [5.41, 5.74) is -12.2. The predicted molar refractivity (Wildman–Crippen MR) is 117 cm³/mol. The number of hydrogen-bond acceptors (Lipinski definition) is 2. The average molecular weight is 722 g/mol. The smallest absolute Gasteiger partial charge is 0.231 e. The van der Waals surface area contributed by atoms with Crippen LogP contribution in [-0.2, 0) is 9.14 Å². The molecule has 1 aliphatic rings. The third-order valence-electron chi connectivity index (χ3n) is 7.26. The Morgan fingerprint density at radius 2 is 0.292 bits per heavy atom. The maximum absolute atomic E-state index is 15.1. The van der Waals surface area contributed by atoms with Crippen LogP contribution >= 0.6 is 0 Å².